The van der Waals surface area contributed by atoms with Gasteiger partial charge in [-0.1, -0.05) is 11.8 Å². The zero-order chi connectivity index (χ0) is 24.9. The quantitative estimate of drug-likeness (QED) is 0.265. The van der Waals surface area contributed by atoms with Crippen molar-refractivity contribution in [2.75, 3.05) is 12.4 Å². The summed E-state index contributed by atoms with van der Waals surface area (Å²) < 4.78 is 46.9. The number of phenols is 1. The van der Waals surface area contributed by atoms with Crippen molar-refractivity contribution >= 4 is 23.9 Å². The summed E-state index contributed by atoms with van der Waals surface area (Å²) in [4.78, 5) is 12.2. The first-order valence-corrected chi connectivity index (χ1v) is 11.1. The highest BCUT2D eigenvalue weighted by molar-refractivity contribution is 7.99. The van der Waals surface area contributed by atoms with Gasteiger partial charge in [-0.2, -0.15) is 23.4 Å². The van der Waals surface area contributed by atoms with Crippen LogP contribution in [0.4, 0.5) is 13.2 Å². The van der Waals surface area contributed by atoms with E-state index >= 15 is 0 Å². The van der Waals surface area contributed by atoms with E-state index in [2.05, 4.69) is 25.8 Å². The van der Waals surface area contributed by atoms with Gasteiger partial charge in [0.25, 0.3) is 5.91 Å². The van der Waals surface area contributed by atoms with E-state index in [-0.39, 0.29) is 23.0 Å². The first-order chi connectivity index (χ1) is 16.1. The number of ether oxygens (including phenoxy) is 1. The zero-order valence-corrected chi connectivity index (χ0v) is 19.3. The smallest absolute Gasteiger partial charge is 0.435 e. The van der Waals surface area contributed by atoms with Gasteiger partial charge in [-0.3, -0.25) is 9.48 Å². The van der Waals surface area contributed by atoms with E-state index in [1.54, 1.807) is 30.5 Å². The summed E-state index contributed by atoms with van der Waals surface area (Å²) in [6.45, 7) is 4.34. The van der Waals surface area contributed by atoms with Gasteiger partial charge in [0.05, 0.1) is 18.6 Å². The fourth-order valence-corrected chi connectivity index (χ4v) is 3.70. The molecule has 0 aliphatic carbocycles. The number of aromatic hydroxyl groups is 1. The van der Waals surface area contributed by atoms with Crippen LogP contribution in [-0.2, 0) is 24.6 Å². The van der Waals surface area contributed by atoms with E-state index in [0.717, 1.165) is 22.5 Å². The highest BCUT2D eigenvalue weighted by Gasteiger charge is 2.35. The Balaban J connectivity index is 1.64. The molecule has 2 N–H and O–H groups in total. The number of hydrazone groups is 1. The lowest BCUT2D eigenvalue weighted by Crippen LogP contribution is -2.20. The van der Waals surface area contributed by atoms with Gasteiger partial charge in [-0.15, -0.1) is 10.2 Å². The molecule has 2 heterocycles. The third-order valence-corrected chi connectivity index (χ3v) is 5.42. The van der Waals surface area contributed by atoms with Crippen LogP contribution in [0.2, 0.25) is 0 Å². The summed E-state index contributed by atoms with van der Waals surface area (Å²) >= 11 is 1.07. The average molecular weight is 498 g/mol. The summed E-state index contributed by atoms with van der Waals surface area (Å²) in [6.07, 6.45) is -3.17. The minimum absolute atomic E-state index is 0.000376. The molecule has 0 bridgehead atoms. The summed E-state index contributed by atoms with van der Waals surface area (Å²) in [5.74, 6) is 0.0518. The number of hydrogen-bond donors (Lipinski definition) is 2. The van der Waals surface area contributed by atoms with Crippen molar-refractivity contribution in [3.8, 4) is 23.0 Å². The molecule has 0 radical (unpaired) electrons. The first kappa shape index (κ1) is 25.1. The molecule has 2 aromatic heterocycles. The molecule has 0 unspecified atom stereocenters. The van der Waals surface area contributed by atoms with Crippen molar-refractivity contribution in [2.24, 2.45) is 12.1 Å². The second-order valence-corrected chi connectivity index (χ2v) is 7.77. The summed E-state index contributed by atoms with van der Waals surface area (Å²) in [5.41, 5.74) is 2.12. The number of carbonyl (C=O) groups is 1. The lowest BCUT2D eigenvalue weighted by Gasteiger charge is -2.07. The summed E-state index contributed by atoms with van der Waals surface area (Å²) in [5, 5.41) is 25.5. The van der Waals surface area contributed by atoms with Gasteiger partial charge in [-0.25, -0.2) is 5.43 Å². The molecular weight excluding hydrogens is 475 g/mol. The van der Waals surface area contributed by atoms with Crippen LogP contribution in [-0.4, -0.2) is 54.1 Å². The molecule has 34 heavy (non-hydrogen) atoms. The van der Waals surface area contributed by atoms with E-state index in [0.29, 0.717) is 29.6 Å². The zero-order valence-electron chi connectivity index (χ0n) is 18.5. The summed E-state index contributed by atoms with van der Waals surface area (Å²) in [7, 11) is 1.39. The Morgan fingerprint density at radius 1 is 1.29 bits per heavy atom. The molecule has 0 atom stereocenters. The van der Waals surface area contributed by atoms with E-state index in [9.17, 15) is 23.1 Å². The van der Waals surface area contributed by atoms with E-state index in [1.807, 2.05) is 0 Å². The average Bonchev–Trinajstić information content (AvgIpc) is 3.37. The standard InChI is InChI=1S/C20H22F3N7O3S/c1-4-30-18(13-9-16(20(21,22)23)28-29(13)3)26-27-19(30)34-11-17(32)25-24-10-12-6-7-14(31)15(8-12)33-5-2/h6-10,31H,4-5,11H2,1-3H3,(H,25,32)/b24-10+. The lowest BCUT2D eigenvalue weighted by molar-refractivity contribution is -0.141. The molecule has 14 heteroatoms. The number of rotatable bonds is 9. The molecule has 0 fully saturated rings. The Bertz CT molecular complexity index is 1190. The maximum Gasteiger partial charge on any atom is 0.435 e. The molecule has 0 saturated heterocycles. The van der Waals surface area contributed by atoms with Crippen LogP contribution in [0.5, 0.6) is 11.5 Å². The fourth-order valence-electron chi connectivity index (χ4n) is 2.91. The van der Waals surface area contributed by atoms with Crippen LogP contribution < -0.4 is 10.2 Å². The number of halogens is 3. The minimum Gasteiger partial charge on any atom is -0.504 e. The number of amides is 1. The Morgan fingerprint density at radius 2 is 2.06 bits per heavy atom. The van der Waals surface area contributed by atoms with Crippen molar-refractivity contribution in [1.82, 2.24) is 30.0 Å². The Hall–Kier alpha value is -3.55. The maximum absolute atomic E-state index is 13.0. The number of aromatic nitrogens is 5. The monoisotopic (exact) mass is 497 g/mol. The van der Waals surface area contributed by atoms with Crippen molar-refractivity contribution in [3.63, 3.8) is 0 Å². The van der Waals surface area contributed by atoms with Gasteiger partial charge in [0.1, 0.15) is 5.69 Å². The molecule has 3 aromatic rings. The van der Waals surface area contributed by atoms with Crippen molar-refractivity contribution in [1.29, 1.82) is 0 Å². The highest BCUT2D eigenvalue weighted by atomic mass is 32.2. The van der Waals surface area contributed by atoms with Gasteiger partial charge >= 0.3 is 6.18 Å². The molecule has 0 spiro atoms. The van der Waals surface area contributed by atoms with Crippen molar-refractivity contribution in [3.05, 3.63) is 35.5 Å². The number of nitrogens with one attached hydrogen (secondary N) is 1. The van der Waals surface area contributed by atoms with Gasteiger partial charge in [0.2, 0.25) is 0 Å². The normalized spacial score (nSPS) is 11.8. The maximum atomic E-state index is 13.0. The van der Waals surface area contributed by atoms with Gasteiger partial charge in [0, 0.05) is 13.6 Å². The second kappa shape index (κ2) is 10.6. The third-order valence-electron chi connectivity index (χ3n) is 4.45. The summed E-state index contributed by atoms with van der Waals surface area (Å²) in [6, 6.07) is 5.55. The molecule has 182 valence electrons. The number of hydrogen-bond acceptors (Lipinski definition) is 8. The number of thioether (sulfide) groups is 1. The van der Waals surface area contributed by atoms with E-state index < -0.39 is 17.8 Å². The molecule has 0 saturated carbocycles. The number of carbonyl (C=O) groups excluding carboxylic acids is 1. The van der Waals surface area contributed by atoms with Gasteiger partial charge in [0.15, 0.2) is 28.2 Å². The second-order valence-electron chi connectivity index (χ2n) is 6.83. The van der Waals surface area contributed by atoms with E-state index in [1.165, 1.54) is 19.3 Å². The molecule has 0 aliphatic heterocycles. The topological polar surface area (TPSA) is 119 Å². The van der Waals surface area contributed by atoms with Crippen LogP contribution in [0.25, 0.3) is 11.5 Å². The molecule has 1 aromatic carbocycles. The molecule has 1 amide bonds. The van der Waals surface area contributed by atoms with Crippen molar-refractivity contribution in [2.45, 2.75) is 31.7 Å². The Labute approximate surface area is 196 Å². The van der Waals surface area contributed by atoms with Gasteiger partial charge < -0.3 is 14.4 Å². The molecule has 0 aliphatic rings. The molecule has 3 rings (SSSR count). The van der Waals surface area contributed by atoms with Crippen molar-refractivity contribution < 1.29 is 27.8 Å². The Morgan fingerprint density at radius 3 is 2.71 bits per heavy atom. The fraction of sp³-hybridized carbons (Fsp3) is 0.350. The van der Waals surface area contributed by atoms with E-state index in [4.69, 9.17) is 4.74 Å². The number of phenolic OH excluding ortho intramolecular Hbond substituents is 1. The SMILES string of the molecule is CCOc1cc(/C=N/NC(=O)CSc2nnc(-c3cc(C(F)(F)F)nn3C)n2CC)ccc1O. The number of aryl methyl sites for hydroxylation is 1. The number of nitrogens with zero attached hydrogens (tertiary/aromatic N) is 6. The largest absolute Gasteiger partial charge is 0.504 e. The first-order valence-electron chi connectivity index (χ1n) is 10.1. The van der Waals surface area contributed by atoms with Crippen LogP contribution in [0.15, 0.2) is 34.5 Å². The van der Waals surface area contributed by atoms with Crippen LogP contribution >= 0.6 is 11.8 Å². The molecular formula is C20H22F3N7O3S. The van der Waals surface area contributed by atoms with Crippen LogP contribution in [0.1, 0.15) is 25.1 Å². The number of benzene rings is 1. The highest BCUT2D eigenvalue weighted by Crippen LogP contribution is 2.32. The van der Waals surface area contributed by atoms with Crippen LogP contribution in [0, 0.1) is 0 Å². The molecule has 10 nitrogen and oxygen atoms in total. The predicted octanol–water partition coefficient (Wildman–Crippen LogP) is 3.06. The Kier molecular flexibility index (Phi) is 7.81. The lowest BCUT2D eigenvalue weighted by atomic mass is 10.2. The van der Waals surface area contributed by atoms with Gasteiger partial charge in [-0.05, 0) is 43.7 Å². The van der Waals surface area contributed by atoms with Crippen LogP contribution in [0.3, 0.4) is 0 Å². The number of alkyl halides is 3. The third kappa shape index (κ3) is 5.87. The predicted molar refractivity (Wildman–Crippen MR) is 119 cm³/mol. The minimum atomic E-state index is -4.58.